The van der Waals surface area contributed by atoms with Crippen LogP contribution in [0.2, 0.25) is 0 Å². The van der Waals surface area contributed by atoms with E-state index in [0.29, 0.717) is 16.7 Å². The molecule has 0 saturated heterocycles. The summed E-state index contributed by atoms with van der Waals surface area (Å²) >= 11 is 0. The summed E-state index contributed by atoms with van der Waals surface area (Å²) in [4.78, 5) is 13.5. The Balaban J connectivity index is 2.70. The lowest BCUT2D eigenvalue weighted by molar-refractivity contribution is 0.0692. The van der Waals surface area contributed by atoms with Gasteiger partial charge in [0, 0.05) is 11.5 Å². The highest BCUT2D eigenvalue weighted by Gasteiger charge is 2.14. The van der Waals surface area contributed by atoms with Crippen LogP contribution in [0, 0.1) is 0 Å². The summed E-state index contributed by atoms with van der Waals surface area (Å²) < 4.78 is 5.02. The predicted molar refractivity (Wildman–Crippen MR) is 56.2 cm³/mol. The van der Waals surface area contributed by atoms with E-state index in [-0.39, 0.29) is 11.4 Å². The lowest BCUT2D eigenvalue weighted by Gasteiger charge is -1.98. The van der Waals surface area contributed by atoms with Crippen LogP contribution in [-0.4, -0.2) is 23.2 Å². The predicted octanol–water partition coefficient (Wildman–Crippen LogP) is 1.46. The minimum Gasteiger partial charge on any atom is -0.497 e. The van der Waals surface area contributed by atoms with Crippen molar-refractivity contribution in [2.24, 2.45) is 0 Å². The average molecular weight is 206 g/mol. The first-order valence-corrected chi connectivity index (χ1v) is 4.32. The Morgan fingerprint density at radius 1 is 1.53 bits per heavy atom. The Kier molecular flexibility index (Phi) is 2.00. The molecule has 2 rings (SSSR count). The number of methoxy groups -OCH3 is 1. The Morgan fingerprint density at radius 2 is 2.27 bits per heavy atom. The van der Waals surface area contributed by atoms with Gasteiger partial charge in [-0.25, -0.2) is 4.79 Å². The van der Waals surface area contributed by atoms with E-state index in [1.807, 2.05) is 0 Å². The van der Waals surface area contributed by atoms with Crippen molar-refractivity contribution in [3.8, 4) is 5.75 Å². The molecule has 0 aliphatic heterocycles. The topological polar surface area (TPSA) is 88.3 Å². The van der Waals surface area contributed by atoms with Gasteiger partial charge in [-0.1, -0.05) is 0 Å². The van der Waals surface area contributed by atoms with Crippen molar-refractivity contribution in [2.75, 3.05) is 12.8 Å². The minimum atomic E-state index is -1.07. The van der Waals surface area contributed by atoms with Crippen LogP contribution in [0.3, 0.4) is 0 Å². The number of fused-ring (bicyclic) bond motifs is 1. The summed E-state index contributed by atoms with van der Waals surface area (Å²) in [5.41, 5.74) is 6.60. The van der Waals surface area contributed by atoms with Crippen LogP contribution in [0.4, 0.5) is 5.69 Å². The molecule has 1 heterocycles. The second kappa shape index (κ2) is 3.20. The SMILES string of the molecule is COc1ccc2c(N)c(C(=O)O)[nH]c2c1. The van der Waals surface area contributed by atoms with E-state index in [4.69, 9.17) is 15.6 Å². The molecule has 1 aromatic carbocycles. The molecule has 0 aliphatic rings. The Labute approximate surface area is 85.5 Å². The number of aromatic nitrogens is 1. The van der Waals surface area contributed by atoms with Gasteiger partial charge in [-0.15, -0.1) is 0 Å². The zero-order chi connectivity index (χ0) is 11.0. The average Bonchev–Trinajstić information content (AvgIpc) is 2.55. The normalized spacial score (nSPS) is 10.5. The number of carboxylic acids is 1. The maximum atomic E-state index is 10.8. The first-order chi connectivity index (χ1) is 7.13. The largest absolute Gasteiger partial charge is 0.497 e. The molecule has 0 saturated carbocycles. The van der Waals surface area contributed by atoms with Gasteiger partial charge < -0.3 is 20.6 Å². The molecule has 0 spiro atoms. The van der Waals surface area contributed by atoms with Crippen LogP contribution in [0.25, 0.3) is 10.9 Å². The second-order valence-electron chi connectivity index (χ2n) is 3.13. The van der Waals surface area contributed by atoms with Gasteiger partial charge in [0.25, 0.3) is 0 Å². The van der Waals surface area contributed by atoms with Crippen LogP contribution < -0.4 is 10.5 Å². The summed E-state index contributed by atoms with van der Waals surface area (Å²) in [6.45, 7) is 0. The number of benzene rings is 1. The zero-order valence-corrected chi connectivity index (χ0v) is 8.07. The number of nitrogen functional groups attached to an aromatic ring is 1. The minimum absolute atomic E-state index is 0.0123. The summed E-state index contributed by atoms with van der Waals surface area (Å²) in [7, 11) is 1.55. The molecule has 5 nitrogen and oxygen atoms in total. The van der Waals surface area contributed by atoms with Gasteiger partial charge in [0.1, 0.15) is 11.4 Å². The molecule has 0 bridgehead atoms. The van der Waals surface area contributed by atoms with Crippen LogP contribution in [0.15, 0.2) is 18.2 Å². The van der Waals surface area contributed by atoms with Gasteiger partial charge in [-0.2, -0.15) is 0 Å². The molecule has 5 heteroatoms. The summed E-state index contributed by atoms with van der Waals surface area (Å²) in [6, 6.07) is 5.17. The fraction of sp³-hybridized carbons (Fsp3) is 0.100. The van der Waals surface area contributed by atoms with Crippen LogP contribution in [0.5, 0.6) is 5.75 Å². The van der Waals surface area contributed by atoms with E-state index >= 15 is 0 Å². The molecule has 0 radical (unpaired) electrons. The molecule has 0 aliphatic carbocycles. The number of nitrogens with two attached hydrogens (primary N) is 1. The van der Waals surface area contributed by atoms with Crippen LogP contribution >= 0.6 is 0 Å². The molecule has 0 amide bonds. The molecule has 1 aromatic heterocycles. The lowest BCUT2D eigenvalue weighted by atomic mass is 10.2. The molecule has 0 atom stereocenters. The number of rotatable bonds is 2. The third kappa shape index (κ3) is 1.38. The lowest BCUT2D eigenvalue weighted by Crippen LogP contribution is -2.00. The van der Waals surface area contributed by atoms with Crippen molar-refractivity contribution < 1.29 is 14.6 Å². The fourth-order valence-electron chi connectivity index (χ4n) is 1.49. The monoisotopic (exact) mass is 206 g/mol. The summed E-state index contributed by atoms with van der Waals surface area (Å²) in [5, 5.41) is 9.54. The number of aromatic amines is 1. The van der Waals surface area contributed by atoms with Gasteiger partial charge in [-0.05, 0) is 12.1 Å². The molecule has 15 heavy (non-hydrogen) atoms. The number of hydrogen-bond donors (Lipinski definition) is 3. The van der Waals surface area contributed by atoms with Gasteiger partial charge >= 0.3 is 5.97 Å². The number of carbonyl (C=O) groups is 1. The molecule has 4 N–H and O–H groups in total. The highest BCUT2D eigenvalue weighted by atomic mass is 16.5. The summed E-state index contributed by atoms with van der Waals surface area (Å²) in [5.74, 6) is -0.414. The number of nitrogens with one attached hydrogen (secondary N) is 1. The van der Waals surface area contributed by atoms with E-state index in [9.17, 15) is 4.79 Å². The zero-order valence-electron chi connectivity index (χ0n) is 8.07. The number of ether oxygens (including phenoxy) is 1. The summed E-state index contributed by atoms with van der Waals surface area (Å²) in [6.07, 6.45) is 0. The second-order valence-corrected chi connectivity index (χ2v) is 3.13. The molecule has 0 fully saturated rings. The van der Waals surface area contributed by atoms with Gasteiger partial charge in [0.05, 0.1) is 18.3 Å². The number of H-pyrrole nitrogens is 1. The third-order valence-corrected chi connectivity index (χ3v) is 2.26. The van der Waals surface area contributed by atoms with E-state index in [0.717, 1.165) is 0 Å². The van der Waals surface area contributed by atoms with Crippen LogP contribution in [0.1, 0.15) is 10.5 Å². The van der Waals surface area contributed by atoms with Crippen molar-refractivity contribution in [3.05, 3.63) is 23.9 Å². The first kappa shape index (κ1) is 9.39. The highest BCUT2D eigenvalue weighted by molar-refractivity contribution is 6.04. The van der Waals surface area contributed by atoms with Gasteiger partial charge in [0.15, 0.2) is 0 Å². The molecule has 78 valence electrons. The Morgan fingerprint density at radius 3 is 2.87 bits per heavy atom. The van der Waals surface area contributed by atoms with E-state index in [1.54, 1.807) is 25.3 Å². The van der Waals surface area contributed by atoms with E-state index < -0.39 is 5.97 Å². The maximum Gasteiger partial charge on any atom is 0.354 e. The van der Waals surface area contributed by atoms with Crippen molar-refractivity contribution in [1.29, 1.82) is 0 Å². The Hall–Kier alpha value is -2.17. The molecular weight excluding hydrogens is 196 g/mol. The van der Waals surface area contributed by atoms with Crippen LogP contribution in [-0.2, 0) is 0 Å². The number of anilines is 1. The van der Waals surface area contributed by atoms with E-state index in [1.165, 1.54) is 0 Å². The number of aromatic carboxylic acids is 1. The van der Waals surface area contributed by atoms with Crippen molar-refractivity contribution in [2.45, 2.75) is 0 Å². The van der Waals surface area contributed by atoms with Crippen molar-refractivity contribution in [1.82, 2.24) is 4.98 Å². The van der Waals surface area contributed by atoms with Gasteiger partial charge in [0.2, 0.25) is 0 Å². The van der Waals surface area contributed by atoms with Gasteiger partial charge in [-0.3, -0.25) is 0 Å². The fourth-order valence-corrected chi connectivity index (χ4v) is 1.49. The van der Waals surface area contributed by atoms with Crippen molar-refractivity contribution in [3.63, 3.8) is 0 Å². The number of hydrogen-bond acceptors (Lipinski definition) is 3. The molecule has 2 aromatic rings. The standard InChI is InChI=1S/C10H10N2O3/c1-15-5-2-3-6-7(4-5)12-9(8(6)11)10(13)14/h2-4,12H,11H2,1H3,(H,13,14). The Bertz CT molecular complexity index is 531. The third-order valence-electron chi connectivity index (χ3n) is 2.26. The number of carboxylic acid groups (broad SMARTS) is 1. The maximum absolute atomic E-state index is 10.8. The first-order valence-electron chi connectivity index (χ1n) is 4.32. The van der Waals surface area contributed by atoms with Crippen molar-refractivity contribution >= 4 is 22.6 Å². The van der Waals surface area contributed by atoms with E-state index in [2.05, 4.69) is 4.98 Å². The molecule has 0 unspecified atom stereocenters. The highest BCUT2D eigenvalue weighted by Crippen LogP contribution is 2.27. The smallest absolute Gasteiger partial charge is 0.354 e. The quantitative estimate of drug-likeness (QED) is 0.694. The molecular formula is C10H10N2O3.